The highest BCUT2D eigenvalue weighted by atomic mass is 79.9. The van der Waals surface area contributed by atoms with Gasteiger partial charge in [0, 0.05) is 30.6 Å². The van der Waals surface area contributed by atoms with Crippen LogP contribution in [0.4, 0.5) is 0 Å². The van der Waals surface area contributed by atoms with Crippen molar-refractivity contribution in [3.05, 3.63) is 20.8 Å². The number of hydrogen-bond donors (Lipinski definition) is 1. The average molecular weight is 366 g/mol. The van der Waals surface area contributed by atoms with E-state index < -0.39 is 0 Å². The van der Waals surface area contributed by atoms with E-state index >= 15 is 0 Å². The molecule has 0 spiro atoms. The second-order valence-corrected chi connectivity index (χ2v) is 7.61. The molecule has 106 valence electrons. The Labute approximate surface area is 132 Å². The fraction of sp³-hybridized carbons (Fsp3) is 0.615. The van der Waals surface area contributed by atoms with Crippen LogP contribution in [0.15, 0.2) is 15.2 Å². The van der Waals surface area contributed by atoms with E-state index in [0.29, 0.717) is 18.1 Å². The summed E-state index contributed by atoms with van der Waals surface area (Å²) in [6.45, 7) is 0. The largest absolute Gasteiger partial charge is 0.339 e. The molecular formula is C13H18BrClN2OS. The molecule has 2 aliphatic heterocycles. The molecule has 0 saturated carbocycles. The molecule has 19 heavy (non-hydrogen) atoms. The normalized spacial score (nSPS) is 28.8. The van der Waals surface area contributed by atoms with Crippen LogP contribution in [0.25, 0.3) is 0 Å². The standard InChI is InChI=1S/C13H17BrN2OS.ClH/c1-16(13(17)8-4-12(14)18-7-8)11-5-9-2-3-10(6-11)15-9;/h4,7,9-11,15H,2-3,5-6H2,1H3;1H. The predicted molar refractivity (Wildman–Crippen MR) is 84.3 cm³/mol. The molecule has 2 saturated heterocycles. The van der Waals surface area contributed by atoms with Crippen molar-refractivity contribution in [2.24, 2.45) is 0 Å². The molecule has 2 fully saturated rings. The zero-order valence-corrected chi connectivity index (χ0v) is 14.0. The van der Waals surface area contributed by atoms with E-state index in [1.807, 2.05) is 23.4 Å². The maximum absolute atomic E-state index is 12.4. The molecule has 1 aromatic rings. The van der Waals surface area contributed by atoms with Gasteiger partial charge < -0.3 is 10.2 Å². The number of fused-ring (bicyclic) bond motifs is 2. The van der Waals surface area contributed by atoms with Gasteiger partial charge in [-0.2, -0.15) is 0 Å². The SMILES string of the molecule is CN(C(=O)c1csc(Br)c1)C1CC2CCC(C1)N2.Cl. The van der Waals surface area contributed by atoms with E-state index in [-0.39, 0.29) is 18.3 Å². The fourth-order valence-electron chi connectivity index (χ4n) is 3.14. The van der Waals surface area contributed by atoms with Gasteiger partial charge in [-0.3, -0.25) is 4.79 Å². The Balaban J connectivity index is 0.00000133. The number of amides is 1. The van der Waals surface area contributed by atoms with E-state index in [9.17, 15) is 4.79 Å². The zero-order valence-electron chi connectivity index (χ0n) is 10.8. The topological polar surface area (TPSA) is 32.3 Å². The van der Waals surface area contributed by atoms with Crippen molar-refractivity contribution in [2.75, 3.05) is 7.05 Å². The van der Waals surface area contributed by atoms with Gasteiger partial charge in [0.05, 0.1) is 9.35 Å². The van der Waals surface area contributed by atoms with Crippen LogP contribution in [0.1, 0.15) is 36.0 Å². The number of carbonyl (C=O) groups excluding carboxylic acids is 1. The number of piperidine rings is 1. The number of rotatable bonds is 2. The van der Waals surface area contributed by atoms with Gasteiger partial charge in [0.15, 0.2) is 0 Å². The van der Waals surface area contributed by atoms with E-state index in [1.165, 1.54) is 12.8 Å². The number of nitrogens with one attached hydrogen (secondary N) is 1. The predicted octanol–water partition coefficient (Wildman–Crippen LogP) is 3.29. The Kier molecular flexibility index (Phi) is 4.93. The third-order valence-electron chi connectivity index (χ3n) is 4.13. The molecule has 1 aromatic heterocycles. The lowest BCUT2D eigenvalue weighted by atomic mass is 9.98. The summed E-state index contributed by atoms with van der Waals surface area (Å²) in [5.41, 5.74) is 0.806. The monoisotopic (exact) mass is 364 g/mol. The van der Waals surface area contributed by atoms with E-state index in [2.05, 4.69) is 21.2 Å². The van der Waals surface area contributed by atoms with Crippen LogP contribution in [-0.4, -0.2) is 36.0 Å². The van der Waals surface area contributed by atoms with Crippen LogP contribution in [-0.2, 0) is 0 Å². The molecule has 3 heterocycles. The van der Waals surface area contributed by atoms with E-state index in [4.69, 9.17) is 0 Å². The zero-order chi connectivity index (χ0) is 12.7. The van der Waals surface area contributed by atoms with Crippen molar-refractivity contribution in [2.45, 2.75) is 43.8 Å². The van der Waals surface area contributed by atoms with Crippen molar-refractivity contribution in [3.8, 4) is 0 Å². The number of thiophene rings is 1. The van der Waals surface area contributed by atoms with Gasteiger partial charge in [-0.05, 0) is 47.7 Å². The first-order valence-electron chi connectivity index (χ1n) is 6.40. The van der Waals surface area contributed by atoms with Crippen molar-refractivity contribution in [3.63, 3.8) is 0 Å². The highest BCUT2D eigenvalue weighted by molar-refractivity contribution is 9.11. The summed E-state index contributed by atoms with van der Waals surface area (Å²) in [5.74, 6) is 0.156. The Morgan fingerprint density at radius 1 is 1.42 bits per heavy atom. The van der Waals surface area contributed by atoms with Gasteiger partial charge in [0.2, 0.25) is 0 Å². The van der Waals surface area contributed by atoms with Gasteiger partial charge in [0.25, 0.3) is 5.91 Å². The van der Waals surface area contributed by atoms with E-state index in [1.54, 1.807) is 11.3 Å². The highest BCUT2D eigenvalue weighted by Crippen LogP contribution is 2.30. The molecule has 2 atom stereocenters. The summed E-state index contributed by atoms with van der Waals surface area (Å²) in [5, 5.41) is 5.54. The van der Waals surface area contributed by atoms with Gasteiger partial charge in [-0.15, -0.1) is 23.7 Å². The maximum Gasteiger partial charge on any atom is 0.254 e. The Hall–Kier alpha value is -0.100. The fourth-order valence-corrected chi connectivity index (χ4v) is 4.27. The summed E-state index contributed by atoms with van der Waals surface area (Å²) in [6.07, 6.45) is 4.74. The molecule has 1 N–H and O–H groups in total. The molecule has 0 aliphatic carbocycles. The maximum atomic E-state index is 12.4. The third-order valence-corrected chi connectivity index (χ3v) is 5.64. The second kappa shape index (κ2) is 6.12. The summed E-state index contributed by atoms with van der Waals surface area (Å²) in [7, 11) is 1.95. The lowest BCUT2D eigenvalue weighted by Gasteiger charge is -2.35. The minimum atomic E-state index is 0. The minimum Gasteiger partial charge on any atom is -0.339 e. The molecule has 6 heteroatoms. The quantitative estimate of drug-likeness (QED) is 0.872. The number of halogens is 2. The smallest absolute Gasteiger partial charge is 0.254 e. The van der Waals surface area contributed by atoms with E-state index in [0.717, 1.165) is 22.2 Å². The summed E-state index contributed by atoms with van der Waals surface area (Å²) >= 11 is 4.98. The lowest BCUT2D eigenvalue weighted by molar-refractivity contribution is 0.0682. The third kappa shape index (κ3) is 3.15. The summed E-state index contributed by atoms with van der Waals surface area (Å²) in [4.78, 5) is 14.3. The molecule has 3 rings (SSSR count). The Bertz CT molecular complexity index is 455. The van der Waals surface area contributed by atoms with Gasteiger partial charge in [0.1, 0.15) is 0 Å². The van der Waals surface area contributed by atoms with Crippen LogP contribution >= 0.6 is 39.7 Å². The second-order valence-electron chi connectivity index (χ2n) is 5.32. The number of carbonyl (C=O) groups is 1. The van der Waals surface area contributed by atoms with Crippen molar-refractivity contribution >= 4 is 45.6 Å². The molecule has 2 aliphatic rings. The van der Waals surface area contributed by atoms with Crippen molar-refractivity contribution in [1.29, 1.82) is 0 Å². The number of hydrogen-bond acceptors (Lipinski definition) is 3. The lowest BCUT2D eigenvalue weighted by Crippen LogP contribution is -2.48. The average Bonchev–Trinajstić information content (AvgIpc) is 2.94. The van der Waals surface area contributed by atoms with Gasteiger partial charge in [-0.25, -0.2) is 0 Å². The molecule has 2 unspecified atom stereocenters. The molecule has 3 nitrogen and oxygen atoms in total. The van der Waals surface area contributed by atoms with Crippen LogP contribution in [0, 0.1) is 0 Å². The summed E-state index contributed by atoms with van der Waals surface area (Å²) < 4.78 is 1.02. The first-order valence-corrected chi connectivity index (χ1v) is 8.08. The first kappa shape index (κ1) is 15.3. The summed E-state index contributed by atoms with van der Waals surface area (Å²) in [6, 6.07) is 3.56. The van der Waals surface area contributed by atoms with Crippen molar-refractivity contribution < 1.29 is 4.79 Å². The molecule has 0 radical (unpaired) electrons. The van der Waals surface area contributed by atoms with Crippen LogP contribution in [0.5, 0.6) is 0 Å². The Morgan fingerprint density at radius 3 is 2.58 bits per heavy atom. The molecule has 0 aromatic carbocycles. The van der Waals surface area contributed by atoms with Crippen molar-refractivity contribution in [1.82, 2.24) is 10.2 Å². The molecular weight excluding hydrogens is 348 g/mol. The molecule has 2 bridgehead atoms. The van der Waals surface area contributed by atoms with Gasteiger partial charge in [-0.1, -0.05) is 0 Å². The van der Waals surface area contributed by atoms with Gasteiger partial charge >= 0.3 is 0 Å². The Morgan fingerprint density at radius 2 is 2.05 bits per heavy atom. The van der Waals surface area contributed by atoms with Crippen LogP contribution in [0.2, 0.25) is 0 Å². The molecule has 1 amide bonds. The minimum absolute atomic E-state index is 0. The number of nitrogens with zero attached hydrogens (tertiary/aromatic N) is 1. The first-order chi connectivity index (χ1) is 8.63. The highest BCUT2D eigenvalue weighted by Gasteiger charge is 2.36. The van der Waals surface area contributed by atoms with Crippen LogP contribution in [0.3, 0.4) is 0 Å². The van der Waals surface area contributed by atoms with Crippen LogP contribution < -0.4 is 5.32 Å².